The van der Waals surface area contributed by atoms with Gasteiger partial charge in [-0.05, 0) is 25.3 Å². The maximum absolute atomic E-state index is 4.36. The Kier molecular flexibility index (Phi) is 7.31. The van der Waals surface area contributed by atoms with Gasteiger partial charge in [-0.3, -0.25) is 4.98 Å². The van der Waals surface area contributed by atoms with Gasteiger partial charge in [0.05, 0.1) is 23.8 Å². The lowest BCUT2D eigenvalue weighted by molar-refractivity contribution is 0.486. The van der Waals surface area contributed by atoms with Gasteiger partial charge in [-0.25, -0.2) is 0 Å². The molecule has 0 aromatic carbocycles. The summed E-state index contributed by atoms with van der Waals surface area (Å²) in [6.45, 7) is 12.1. The van der Waals surface area contributed by atoms with Crippen LogP contribution in [-0.2, 0) is 0 Å². The van der Waals surface area contributed by atoms with Crippen LogP contribution in [0.4, 0.5) is 11.4 Å². The molecular weight excluding hydrogens is 234 g/mol. The highest BCUT2D eigenvalue weighted by molar-refractivity contribution is 5.55. The summed E-state index contributed by atoms with van der Waals surface area (Å²) in [5.41, 5.74) is 2.36. The van der Waals surface area contributed by atoms with E-state index in [-0.39, 0.29) is 0 Å². The summed E-state index contributed by atoms with van der Waals surface area (Å²) in [5.74, 6) is 0.771. The third-order valence-corrected chi connectivity index (χ3v) is 3.68. The van der Waals surface area contributed by atoms with Crippen molar-refractivity contribution in [1.29, 1.82) is 0 Å². The van der Waals surface area contributed by atoms with Crippen molar-refractivity contribution in [3.8, 4) is 0 Å². The number of pyridine rings is 1. The summed E-state index contributed by atoms with van der Waals surface area (Å²) in [5, 5.41) is 3.41. The molecule has 0 aliphatic carbocycles. The number of nitrogens with zero attached hydrogens (tertiary/aromatic N) is 2. The Bertz CT molecular complexity index is 348. The minimum Gasteiger partial charge on any atom is -0.384 e. The second kappa shape index (κ2) is 8.78. The first-order valence-electron chi connectivity index (χ1n) is 7.68. The maximum Gasteiger partial charge on any atom is 0.0573 e. The Balaban J connectivity index is 2.74. The van der Waals surface area contributed by atoms with Crippen molar-refractivity contribution in [3.63, 3.8) is 0 Å². The lowest BCUT2D eigenvalue weighted by atomic mass is 10.0. The van der Waals surface area contributed by atoms with Gasteiger partial charge < -0.3 is 10.2 Å². The van der Waals surface area contributed by atoms with E-state index in [1.54, 1.807) is 0 Å². The van der Waals surface area contributed by atoms with E-state index in [4.69, 9.17) is 0 Å². The van der Waals surface area contributed by atoms with E-state index in [0.29, 0.717) is 0 Å². The second-order valence-electron chi connectivity index (χ2n) is 5.08. The topological polar surface area (TPSA) is 28.2 Å². The van der Waals surface area contributed by atoms with Crippen molar-refractivity contribution in [1.82, 2.24) is 4.98 Å². The van der Waals surface area contributed by atoms with Gasteiger partial charge in [0.25, 0.3) is 0 Å². The molecule has 0 unspecified atom stereocenters. The molecule has 3 nitrogen and oxygen atoms in total. The van der Waals surface area contributed by atoms with Gasteiger partial charge >= 0.3 is 0 Å². The van der Waals surface area contributed by atoms with Gasteiger partial charge in [-0.15, -0.1) is 0 Å². The molecule has 0 spiro atoms. The van der Waals surface area contributed by atoms with Gasteiger partial charge in [0.15, 0.2) is 0 Å². The third kappa shape index (κ3) is 5.09. The Morgan fingerprint density at radius 1 is 1.16 bits per heavy atom. The van der Waals surface area contributed by atoms with Gasteiger partial charge in [0.2, 0.25) is 0 Å². The summed E-state index contributed by atoms with van der Waals surface area (Å²) in [6.07, 6.45) is 7.50. The fraction of sp³-hybridized carbons (Fsp3) is 0.688. The van der Waals surface area contributed by atoms with Crippen LogP contribution in [0.1, 0.15) is 47.0 Å². The van der Waals surface area contributed by atoms with Crippen molar-refractivity contribution in [3.05, 3.63) is 18.5 Å². The van der Waals surface area contributed by atoms with Crippen molar-refractivity contribution in [2.45, 2.75) is 47.0 Å². The van der Waals surface area contributed by atoms with Gasteiger partial charge in [0.1, 0.15) is 0 Å². The van der Waals surface area contributed by atoms with E-state index in [1.165, 1.54) is 18.5 Å². The minimum absolute atomic E-state index is 0.771. The number of rotatable bonds is 9. The normalized spacial score (nSPS) is 10.8. The van der Waals surface area contributed by atoms with Crippen LogP contribution in [0, 0.1) is 5.92 Å². The Hall–Kier alpha value is -1.25. The molecule has 0 fully saturated rings. The summed E-state index contributed by atoms with van der Waals surface area (Å²) in [4.78, 5) is 6.79. The number of anilines is 2. The van der Waals surface area contributed by atoms with Crippen LogP contribution in [0.3, 0.4) is 0 Å². The average Bonchev–Trinajstić information content (AvgIpc) is 2.47. The van der Waals surface area contributed by atoms with Crippen LogP contribution >= 0.6 is 0 Å². The van der Waals surface area contributed by atoms with Crippen molar-refractivity contribution in [2.75, 3.05) is 29.9 Å². The molecule has 0 aliphatic rings. The standard InChI is InChI=1S/C16H29N3/c1-5-9-18-15-10-16(12-17-11-15)19(8-4)13-14(6-2)7-3/h10-12,14,18H,5-9,13H2,1-4H3. The molecule has 108 valence electrons. The Labute approximate surface area is 118 Å². The highest BCUT2D eigenvalue weighted by Gasteiger charge is 2.11. The molecule has 1 aromatic heterocycles. The molecule has 1 heterocycles. The summed E-state index contributed by atoms with van der Waals surface area (Å²) in [7, 11) is 0. The zero-order valence-electron chi connectivity index (χ0n) is 12.9. The fourth-order valence-electron chi connectivity index (χ4n) is 2.24. The molecule has 0 amide bonds. The fourth-order valence-corrected chi connectivity index (χ4v) is 2.24. The Morgan fingerprint density at radius 3 is 2.47 bits per heavy atom. The largest absolute Gasteiger partial charge is 0.384 e. The van der Waals surface area contributed by atoms with Gasteiger partial charge in [0, 0.05) is 19.6 Å². The van der Waals surface area contributed by atoms with E-state index in [1.807, 2.05) is 12.4 Å². The summed E-state index contributed by atoms with van der Waals surface area (Å²) >= 11 is 0. The molecule has 0 radical (unpaired) electrons. The first-order valence-corrected chi connectivity index (χ1v) is 7.68. The minimum atomic E-state index is 0.771. The third-order valence-electron chi connectivity index (χ3n) is 3.68. The maximum atomic E-state index is 4.36. The van der Waals surface area contributed by atoms with Crippen molar-refractivity contribution < 1.29 is 0 Å². The van der Waals surface area contributed by atoms with E-state index in [0.717, 1.165) is 37.7 Å². The smallest absolute Gasteiger partial charge is 0.0573 e. The molecule has 1 rings (SSSR count). The number of aromatic nitrogens is 1. The van der Waals surface area contributed by atoms with Crippen molar-refractivity contribution in [2.24, 2.45) is 5.92 Å². The zero-order valence-corrected chi connectivity index (χ0v) is 12.9. The SMILES string of the molecule is CCCNc1cncc(N(CC)CC(CC)CC)c1. The number of hydrogen-bond acceptors (Lipinski definition) is 3. The highest BCUT2D eigenvalue weighted by atomic mass is 15.1. The average molecular weight is 263 g/mol. The summed E-state index contributed by atoms with van der Waals surface area (Å²) < 4.78 is 0. The molecule has 3 heteroatoms. The Morgan fingerprint density at radius 2 is 1.89 bits per heavy atom. The molecule has 0 aliphatic heterocycles. The lowest BCUT2D eigenvalue weighted by Crippen LogP contribution is -2.29. The van der Waals surface area contributed by atoms with Crippen LogP contribution in [0.25, 0.3) is 0 Å². The van der Waals surface area contributed by atoms with Crippen LogP contribution in [-0.4, -0.2) is 24.6 Å². The predicted octanol–water partition coefficient (Wildman–Crippen LogP) is 4.17. The van der Waals surface area contributed by atoms with Gasteiger partial charge in [-0.2, -0.15) is 0 Å². The van der Waals surface area contributed by atoms with E-state index in [9.17, 15) is 0 Å². The molecule has 1 aromatic rings. The molecule has 0 saturated heterocycles. The summed E-state index contributed by atoms with van der Waals surface area (Å²) in [6, 6.07) is 2.22. The number of nitrogens with one attached hydrogen (secondary N) is 1. The van der Waals surface area contributed by atoms with E-state index >= 15 is 0 Å². The monoisotopic (exact) mass is 263 g/mol. The molecule has 0 atom stereocenters. The zero-order chi connectivity index (χ0) is 14.1. The van der Waals surface area contributed by atoms with Crippen LogP contribution in [0.15, 0.2) is 18.5 Å². The number of hydrogen-bond donors (Lipinski definition) is 1. The first kappa shape index (κ1) is 15.8. The highest BCUT2D eigenvalue weighted by Crippen LogP contribution is 2.20. The first-order chi connectivity index (χ1) is 9.24. The quantitative estimate of drug-likeness (QED) is 0.725. The second-order valence-corrected chi connectivity index (χ2v) is 5.08. The van der Waals surface area contributed by atoms with E-state index in [2.05, 4.69) is 49.0 Å². The molecular formula is C16H29N3. The molecule has 0 saturated carbocycles. The predicted molar refractivity (Wildman–Crippen MR) is 85.0 cm³/mol. The van der Waals surface area contributed by atoms with E-state index < -0.39 is 0 Å². The lowest BCUT2D eigenvalue weighted by Gasteiger charge is -2.27. The van der Waals surface area contributed by atoms with Gasteiger partial charge in [-0.1, -0.05) is 33.6 Å². The molecule has 1 N–H and O–H groups in total. The van der Waals surface area contributed by atoms with Crippen LogP contribution < -0.4 is 10.2 Å². The van der Waals surface area contributed by atoms with Crippen LogP contribution in [0.5, 0.6) is 0 Å². The molecule has 0 bridgehead atoms. The van der Waals surface area contributed by atoms with Crippen molar-refractivity contribution >= 4 is 11.4 Å². The van der Waals surface area contributed by atoms with Crippen LogP contribution in [0.2, 0.25) is 0 Å². The molecule has 19 heavy (non-hydrogen) atoms.